The van der Waals surface area contributed by atoms with Crippen LogP contribution in [0.2, 0.25) is 0 Å². The minimum atomic E-state index is -0.254. The molecule has 4 rings (SSSR count). The zero-order valence-electron chi connectivity index (χ0n) is 16.9. The second-order valence-electron chi connectivity index (χ2n) is 7.13. The number of hydrogen-bond acceptors (Lipinski definition) is 3. The van der Waals surface area contributed by atoms with Crippen LogP contribution in [0.15, 0.2) is 115 Å². The van der Waals surface area contributed by atoms with Gasteiger partial charge in [0.05, 0.1) is 10.4 Å². The molecule has 0 fully saturated rings. The molecule has 0 atom stereocenters. The Balaban J connectivity index is 1.61. The molecule has 1 heterocycles. The highest BCUT2D eigenvalue weighted by Gasteiger charge is 2.36. The van der Waals surface area contributed by atoms with Gasteiger partial charge in [0.25, 0.3) is 0 Å². The molecule has 0 amide bonds. The number of pyridine rings is 1. The third-order valence-electron chi connectivity index (χ3n) is 5.17. The van der Waals surface area contributed by atoms with Gasteiger partial charge >= 0.3 is 0 Å². The van der Waals surface area contributed by atoms with E-state index in [-0.39, 0.29) is 4.75 Å². The van der Waals surface area contributed by atoms with Gasteiger partial charge in [-0.15, -0.1) is 11.8 Å². The van der Waals surface area contributed by atoms with E-state index in [4.69, 9.17) is 0 Å². The predicted octanol–water partition coefficient (Wildman–Crippen LogP) is 5.90. The van der Waals surface area contributed by atoms with Gasteiger partial charge in [-0.2, -0.15) is 0 Å². The average Bonchev–Trinajstić information content (AvgIpc) is 2.84. The van der Waals surface area contributed by atoms with Crippen molar-refractivity contribution in [2.45, 2.75) is 11.3 Å². The Morgan fingerprint density at radius 2 is 1.13 bits per heavy atom. The fourth-order valence-corrected chi connectivity index (χ4v) is 5.22. The van der Waals surface area contributed by atoms with Crippen molar-refractivity contribution in [3.63, 3.8) is 0 Å². The molecule has 0 aliphatic heterocycles. The van der Waals surface area contributed by atoms with E-state index >= 15 is 0 Å². The standard InChI is InChI=1S/C27H26N2S/c1-4-12-23(13-5-1)27(24-14-6-2-7-15-24,25-16-8-3-9-17-25)30-21-20-28-22-26-18-10-11-19-29-26/h1-19,28H,20-22H2. The predicted molar refractivity (Wildman–Crippen MR) is 128 cm³/mol. The molecule has 3 heteroatoms. The third kappa shape index (κ3) is 4.64. The van der Waals surface area contributed by atoms with Gasteiger partial charge in [-0.05, 0) is 28.8 Å². The molecule has 3 aromatic carbocycles. The first-order valence-electron chi connectivity index (χ1n) is 10.3. The molecule has 0 aliphatic rings. The first-order chi connectivity index (χ1) is 14.9. The van der Waals surface area contributed by atoms with E-state index in [1.54, 1.807) is 0 Å². The first kappa shape index (κ1) is 20.4. The van der Waals surface area contributed by atoms with Gasteiger partial charge in [0.2, 0.25) is 0 Å². The van der Waals surface area contributed by atoms with E-state index in [2.05, 4.69) is 107 Å². The van der Waals surface area contributed by atoms with E-state index in [1.165, 1.54) is 16.7 Å². The lowest BCUT2D eigenvalue weighted by Crippen LogP contribution is -2.28. The maximum atomic E-state index is 4.40. The van der Waals surface area contributed by atoms with Crippen molar-refractivity contribution in [3.05, 3.63) is 138 Å². The van der Waals surface area contributed by atoms with Crippen LogP contribution in [0.1, 0.15) is 22.4 Å². The topological polar surface area (TPSA) is 24.9 Å². The summed E-state index contributed by atoms with van der Waals surface area (Å²) >= 11 is 1.98. The third-order valence-corrected chi connectivity index (χ3v) is 6.72. The second kappa shape index (κ2) is 10.2. The Morgan fingerprint density at radius 3 is 1.60 bits per heavy atom. The van der Waals surface area contributed by atoms with Gasteiger partial charge in [0.1, 0.15) is 0 Å². The number of aromatic nitrogens is 1. The molecule has 1 aromatic heterocycles. The maximum absolute atomic E-state index is 4.40. The molecule has 0 saturated heterocycles. The van der Waals surface area contributed by atoms with Crippen LogP contribution in [0.3, 0.4) is 0 Å². The molecule has 0 aliphatic carbocycles. The van der Waals surface area contributed by atoms with Crippen molar-refractivity contribution < 1.29 is 0 Å². The molecular weight excluding hydrogens is 384 g/mol. The SMILES string of the molecule is c1ccc(C(SCCNCc2ccccn2)(c2ccccc2)c2ccccc2)cc1. The second-order valence-corrected chi connectivity index (χ2v) is 8.43. The zero-order valence-corrected chi connectivity index (χ0v) is 17.8. The highest BCUT2D eigenvalue weighted by Crippen LogP contribution is 2.48. The first-order valence-corrected chi connectivity index (χ1v) is 11.3. The summed E-state index contributed by atoms with van der Waals surface area (Å²) in [4.78, 5) is 4.40. The smallest absolute Gasteiger partial charge is 0.0907 e. The van der Waals surface area contributed by atoms with Crippen LogP contribution in [0, 0.1) is 0 Å². The molecule has 0 saturated carbocycles. The lowest BCUT2D eigenvalue weighted by atomic mass is 9.84. The van der Waals surface area contributed by atoms with E-state index in [1.807, 2.05) is 30.1 Å². The van der Waals surface area contributed by atoms with Crippen molar-refractivity contribution in [1.29, 1.82) is 0 Å². The fraction of sp³-hybridized carbons (Fsp3) is 0.148. The van der Waals surface area contributed by atoms with E-state index in [0.717, 1.165) is 24.5 Å². The van der Waals surface area contributed by atoms with Crippen LogP contribution >= 0.6 is 11.8 Å². The van der Waals surface area contributed by atoms with Gasteiger partial charge in [-0.25, -0.2) is 0 Å². The number of rotatable bonds is 9. The molecule has 30 heavy (non-hydrogen) atoms. The normalized spacial score (nSPS) is 11.3. The summed E-state index contributed by atoms with van der Waals surface area (Å²) in [5.41, 5.74) is 4.98. The summed E-state index contributed by atoms with van der Waals surface area (Å²) < 4.78 is -0.254. The lowest BCUT2D eigenvalue weighted by molar-refractivity contribution is 0.713. The number of hydrogen-bond donors (Lipinski definition) is 1. The van der Waals surface area contributed by atoms with Crippen molar-refractivity contribution in [1.82, 2.24) is 10.3 Å². The Kier molecular flexibility index (Phi) is 6.96. The van der Waals surface area contributed by atoms with Crippen molar-refractivity contribution >= 4 is 11.8 Å². The van der Waals surface area contributed by atoms with E-state index < -0.39 is 0 Å². The van der Waals surface area contributed by atoms with Gasteiger partial charge < -0.3 is 5.32 Å². The molecule has 150 valence electrons. The Morgan fingerprint density at radius 1 is 0.633 bits per heavy atom. The Hall–Kier alpha value is -2.88. The van der Waals surface area contributed by atoms with Gasteiger partial charge in [-0.1, -0.05) is 97.1 Å². The van der Waals surface area contributed by atoms with Crippen LogP contribution in [0.5, 0.6) is 0 Å². The van der Waals surface area contributed by atoms with Crippen molar-refractivity contribution in [2.75, 3.05) is 12.3 Å². The molecule has 2 nitrogen and oxygen atoms in total. The van der Waals surface area contributed by atoms with Crippen LogP contribution in [0.4, 0.5) is 0 Å². The van der Waals surface area contributed by atoms with Crippen molar-refractivity contribution in [2.24, 2.45) is 0 Å². The summed E-state index contributed by atoms with van der Waals surface area (Å²) in [6, 6.07) is 38.6. The fourth-order valence-electron chi connectivity index (χ4n) is 3.76. The highest BCUT2D eigenvalue weighted by molar-refractivity contribution is 8.00. The largest absolute Gasteiger partial charge is 0.310 e. The van der Waals surface area contributed by atoms with Crippen LogP contribution in [-0.4, -0.2) is 17.3 Å². The summed E-state index contributed by atoms with van der Waals surface area (Å²) in [6.07, 6.45) is 1.84. The van der Waals surface area contributed by atoms with Crippen molar-refractivity contribution in [3.8, 4) is 0 Å². The minimum Gasteiger partial charge on any atom is -0.310 e. The molecule has 4 aromatic rings. The maximum Gasteiger partial charge on any atom is 0.0907 e. The van der Waals surface area contributed by atoms with E-state index in [0.29, 0.717) is 0 Å². The number of nitrogens with one attached hydrogen (secondary N) is 1. The van der Waals surface area contributed by atoms with Gasteiger partial charge in [0.15, 0.2) is 0 Å². The molecule has 0 radical (unpaired) electrons. The molecular formula is C27H26N2S. The quantitative estimate of drug-likeness (QED) is 0.275. The average molecular weight is 411 g/mol. The lowest BCUT2D eigenvalue weighted by Gasteiger charge is -2.35. The molecule has 0 bridgehead atoms. The van der Waals surface area contributed by atoms with Gasteiger partial charge in [-0.3, -0.25) is 4.98 Å². The highest BCUT2D eigenvalue weighted by atomic mass is 32.2. The van der Waals surface area contributed by atoms with Crippen LogP contribution in [0.25, 0.3) is 0 Å². The molecule has 0 unspecified atom stereocenters. The summed E-state index contributed by atoms with van der Waals surface area (Å²) in [6.45, 7) is 1.70. The summed E-state index contributed by atoms with van der Waals surface area (Å²) in [5.74, 6) is 0.978. The van der Waals surface area contributed by atoms with Crippen LogP contribution in [-0.2, 0) is 11.3 Å². The monoisotopic (exact) mass is 410 g/mol. The molecule has 1 N–H and O–H groups in total. The van der Waals surface area contributed by atoms with Crippen LogP contribution < -0.4 is 5.32 Å². The van der Waals surface area contributed by atoms with E-state index in [9.17, 15) is 0 Å². The summed E-state index contributed by atoms with van der Waals surface area (Å²) in [7, 11) is 0. The Bertz CT molecular complexity index is 909. The Labute approximate surface area is 183 Å². The van der Waals surface area contributed by atoms with Gasteiger partial charge in [0, 0.05) is 25.0 Å². The number of benzene rings is 3. The number of nitrogens with zero attached hydrogens (tertiary/aromatic N) is 1. The number of thioether (sulfide) groups is 1. The zero-order chi connectivity index (χ0) is 20.5. The molecule has 0 spiro atoms. The summed E-state index contributed by atoms with van der Waals surface area (Å²) in [5, 5.41) is 3.55. The minimum absolute atomic E-state index is 0.254.